The molecule has 0 spiro atoms. The minimum atomic E-state index is -1.09. The number of nitrogens with one attached hydrogen (secondary N) is 3. The Hall–Kier alpha value is -1.54. The zero-order valence-electron chi connectivity index (χ0n) is 10.3. The maximum atomic E-state index is 10.2. The number of aromatic nitrogens is 2. The predicted octanol–water partition coefficient (Wildman–Crippen LogP) is 1.02. The van der Waals surface area contributed by atoms with Crippen molar-refractivity contribution in [3.63, 3.8) is 0 Å². The van der Waals surface area contributed by atoms with Crippen molar-refractivity contribution in [1.29, 1.82) is 0 Å². The number of thioether (sulfide) groups is 1. The molecule has 1 heterocycles. The number of hydrazine groups is 1. The molecule has 1 atom stereocenters. The molecule has 0 bridgehead atoms. The highest BCUT2D eigenvalue weighted by atomic mass is 32.2. The second-order valence-corrected chi connectivity index (χ2v) is 4.62. The second-order valence-electron chi connectivity index (χ2n) is 3.74. The van der Waals surface area contributed by atoms with Crippen LogP contribution in [0.2, 0.25) is 0 Å². The summed E-state index contributed by atoms with van der Waals surface area (Å²) in [7, 11) is 0. The van der Waals surface area contributed by atoms with Gasteiger partial charge in [-0.25, -0.2) is 20.2 Å². The maximum Gasteiger partial charge on any atom is 0.419 e. The standard InChI is InChI=1S/C10H17N5O2S/c1-7(4-14-15-10(16)17)3-11-9-12-5-8(18-2)6-13-9/h5-7,14-15H,3-4H2,1-2H3,(H,16,17)(H,11,12,13)/t7-/m0/s1. The quantitative estimate of drug-likeness (QED) is 0.434. The lowest BCUT2D eigenvalue weighted by atomic mass is 10.2. The number of carboxylic acid groups (broad SMARTS) is 1. The topological polar surface area (TPSA) is 99.2 Å². The van der Waals surface area contributed by atoms with Crippen molar-refractivity contribution in [2.24, 2.45) is 5.92 Å². The van der Waals surface area contributed by atoms with Crippen molar-refractivity contribution in [1.82, 2.24) is 20.8 Å². The van der Waals surface area contributed by atoms with Gasteiger partial charge in [-0.15, -0.1) is 11.8 Å². The van der Waals surface area contributed by atoms with E-state index in [1.807, 2.05) is 13.2 Å². The Balaban J connectivity index is 2.24. The Morgan fingerprint density at radius 3 is 2.67 bits per heavy atom. The fourth-order valence-corrected chi connectivity index (χ4v) is 1.47. The van der Waals surface area contributed by atoms with E-state index >= 15 is 0 Å². The van der Waals surface area contributed by atoms with Gasteiger partial charge in [-0.2, -0.15) is 0 Å². The third kappa shape index (κ3) is 5.69. The van der Waals surface area contributed by atoms with Crippen molar-refractivity contribution in [2.45, 2.75) is 11.8 Å². The molecule has 0 unspecified atom stereocenters. The highest BCUT2D eigenvalue weighted by Gasteiger charge is 2.03. The molecular weight excluding hydrogens is 254 g/mol. The SMILES string of the molecule is CSc1cnc(NC[C@H](C)CNNC(=O)O)nc1. The monoisotopic (exact) mass is 271 g/mol. The molecule has 18 heavy (non-hydrogen) atoms. The van der Waals surface area contributed by atoms with E-state index in [4.69, 9.17) is 5.11 Å². The lowest BCUT2D eigenvalue weighted by Gasteiger charge is -2.13. The van der Waals surface area contributed by atoms with Crippen LogP contribution < -0.4 is 16.2 Å². The van der Waals surface area contributed by atoms with Crippen LogP contribution in [0.4, 0.5) is 10.7 Å². The largest absolute Gasteiger partial charge is 0.464 e. The number of hydrogen-bond acceptors (Lipinski definition) is 6. The lowest BCUT2D eigenvalue weighted by molar-refractivity contribution is 0.188. The van der Waals surface area contributed by atoms with Crippen LogP contribution in [-0.4, -0.2) is 40.5 Å². The Labute approximate surface area is 110 Å². The van der Waals surface area contributed by atoms with Crippen LogP contribution in [0.3, 0.4) is 0 Å². The molecule has 1 rings (SSSR count). The number of carbonyl (C=O) groups is 1. The average molecular weight is 271 g/mol. The Morgan fingerprint density at radius 1 is 1.44 bits per heavy atom. The van der Waals surface area contributed by atoms with Gasteiger partial charge in [0.05, 0.1) is 0 Å². The van der Waals surface area contributed by atoms with Crippen LogP contribution >= 0.6 is 11.8 Å². The van der Waals surface area contributed by atoms with Crippen LogP contribution in [0.25, 0.3) is 0 Å². The summed E-state index contributed by atoms with van der Waals surface area (Å²) in [6.07, 6.45) is 4.39. The summed E-state index contributed by atoms with van der Waals surface area (Å²) in [5.41, 5.74) is 4.70. The molecule has 0 aliphatic carbocycles. The summed E-state index contributed by atoms with van der Waals surface area (Å²) < 4.78 is 0. The lowest BCUT2D eigenvalue weighted by Crippen LogP contribution is -2.40. The molecule has 1 aromatic heterocycles. The van der Waals surface area contributed by atoms with E-state index in [2.05, 4.69) is 26.1 Å². The average Bonchev–Trinajstić information content (AvgIpc) is 2.36. The second kappa shape index (κ2) is 7.72. The molecule has 1 amide bonds. The van der Waals surface area contributed by atoms with Crippen molar-refractivity contribution in [2.75, 3.05) is 24.7 Å². The highest BCUT2D eigenvalue weighted by molar-refractivity contribution is 7.98. The van der Waals surface area contributed by atoms with Gasteiger partial charge in [-0.3, -0.25) is 5.43 Å². The third-order valence-corrected chi connectivity index (χ3v) is 2.80. The number of anilines is 1. The minimum absolute atomic E-state index is 0.237. The molecule has 0 saturated carbocycles. The van der Waals surface area contributed by atoms with Gasteiger partial charge in [0.25, 0.3) is 0 Å². The first kappa shape index (κ1) is 14.5. The molecule has 1 aromatic rings. The van der Waals surface area contributed by atoms with Gasteiger partial charge in [0.2, 0.25) is 5.95 Å². The van der Waals surface area contributed by atoms with E-state index in [0.29, 0.717) is 19.0 Å². The number of hydrogen-bond donors (Lipinski definition) is 4. The van der Waals surface area contributed by atoms with Crippen LogP contribution in [0.1, 0.15) is 6.92 Å². The molecule has 0 aliphatic rings. The molecule has 7 nitrogen and oxygen atoms in total. The summed E-state index contributed by atoms with van der Waals surface area (Å²) in [5, 5.41) is 11.5. The van der Waals surface area contributed by atoms with E-state index in [0.717, 1.165) is 4.90 Å². The molecule has 0 aromatic carbocycles. The zero-order valence-corrected chi connectivity index (χ0v) is 11.1. The first-order valence-corrected chi connectivity index (χ1v) is 6.66. The number of rotatable bonds is 7. The summed E-state index contributed by atoms with van der Waals surface area (Å²) in [6.45, 7) is 3.18. The highest BCUT2D eigenvalue weighted by Crippen LogP contribution is 2.11. The maximum absolute atomic E-state index is 10.2. The Kier molecular flexibility index (Phi) is 6.23. The van der Waals surface area contributed by atoms with Crippen LogP contribution in [0, 0.1) is 5.92 Å². The van der Waals surface area contributed by atoms with Crippen LogP contribution in [-0.2, 0) is 0 Å². The van der Waals surface area contributed by atoms with E-state index < -0.39 is 6.09 Å². The fraction of sp³-hybridized carbons (Fsp3) is 0.500. The summed E-state index contributed by atoms with van der Waals surface area (Å²) >= 11 is 1.59. The molecule has 0 fully saturated rings. The van der Waals surface area contributed by atoms with Gasteiger partial charge in [-0.1, -0.05) is 6.92 Å². The molecule has 100 valence electrons. The Bertz CT molecular complexity index is 373. The van der Waals surface area contributed by atoms with Gasteiger partial charge in [0, 0.05) is 30.4 Å². The number of amides is 1. The van der Waals surface area contributed by atoms with Gasteiger partial charge < -0.3 is 10.4 Å². The fourth-order valence-electron chi connectivity index (χ4n) is 1.15. The Morgan fingerprint density at radius 2 is 2.11 bits per heavy atom. The van der Waals surface area contributed by atoms with E-state index in [-0.39, 0.29) is 5.92 Å². The molecule has 0 saturated heterocycles. The molecule has 8 heteroatoms. The molecule has 4 N–H and O–H groups in total. The zero-order chi connectivity index (χ0) is 13.4. The molecule has 0 radical (unpaired) electrons. The van der Waals surface area contributed by atoms with Gasteiger partial charge in [-0.05, 0) is 12.2 Å². The molecule has 0 aliphatic heterocycles. The van der Waals surface area contributed by atoms with Crippen molar-refractivity contribution in [3.8, 4) is 0 Å². The van der Waals surface area contributed by atoms with Crippen LogP contribution in [0.15, 0.2) is 17.3 Å². The van der Waals surface area contributed by atoms with Gasteiger partial charge in [0.1, 0.15) is 0 Å². The van der Waals surface area contributed by atoms with E-state index in [1.54, 1.807) is 24.2 Å². The third-order valence-electron chi connectivity index (χ3n) is 2.12. The van der Waals surface area contributed by atoms with Gasteiger partial charge in [0.15, 0.2) is 0 Å². The normalized spacial score (nSPS) is 11.9. The van der Waals surface area contributed by atoms with Gasteiger partial charge >= 0.3 is 6.09 Å². The van der Waals surface area contributed by atoms with Crippen molar-refractivity contribution in [3.05, 3.63) is 12.4 Å². The number of nitrogens with zero attached hydrogens (tertiary/aromatic N) is 2. The van der Waals surface area contributed by atoms with E-state index in [1.165, 1.54) is 0 Å². The molecular formula is C10H17N5O2S. The van der Waals surface area contributed by atoms with Crippen LogP contribution in [0.5, 0.6) is 0 Å². The van der Waals surface area contributed by atoms with Crippen molar-refractivity contribution < 1.29 is 9.90 Å². The summed E-state index contributed by atoms with van der Waals surface area (Å²) in [4.78, 5) is 19.5. The summed E-state index contributed by atoms with van der Waals surface area (Å²) in [5.74, 6) is 0.812. The summed E-state index contributed by atoms with van der Waals surface area (Å²) in [6, 6.07) is 0. The van der Waals surface area contributed by atoms with Crippen molar-refractivity contribution >= 4 is 23.8 Å². The first-order valence-electron chi connectivity index (χ1n) is 5.43. The minimum Gasteiger partial charge on any atom is -0.464 e. The first-order chi connectivity index (χ1) is 8.61. The predicted molar refractivity (Wildman–Crippen MR) is 70.6 cm³/mol. The smallest absolute Gasteiger partial charge is 0.419 e. The van der Waals surface area contributed by atoms with E-state index in [9.17, 15) is 4.79 Å².